The van der Waals surface area contributed by atoms with E-state index in [1.807, 2.05) is 12.1 Å². The highest BCUT2D eigenvalue weighted by molar-refractivity contribution is 7.14. The number of hydrazone groups is 1. The second-order valence-corrected chi connectivity index (χ2v) is 5.83. The summed E-state index contributed by atoms with van der Waals surface area (Å²) in [5, 5.41) is 6.47. The van der Waals surface area contributed by atoms with Crippen molar-refractivity contribution in [1.82, 2.24) is 9.88 Å². The molecule has 0 saturated carbocycles. The van der Waals surface area contributed by atoms with E-state index in [9.17, 15) is 4.79 Å². The molecule has 1 aliphatic rings. The highest BCUT2D eigenvalue weighted by Crippen LogP contribution is 2.16. The molecule has 2 heterocycles. The Morgan fingerprint density at radius 1 is 1.35 bits per heavy atom. The summed E-state index contributed by atoms with van der Waals surface area (Å²) < 4.78 is 5.26. The number of rotatable bonds is 4. The zero-order chi connectivity index (χ0) is 16.1. The van der Waals surface area contributed by atoms with Crippen LogP contribution in [0.2, 0.25) is 0 Å². The van der Waals surface area contributed by atoms with Crippen molar-refractivity contribution in [2.75, 3.05) is 37.5 Å². The SMILES string of the molecule is Nc1csc(NN=Cc2ccc(C(=O)N3CCOCC3)cc2)n1. The monoisotopic (exact) mass is 331 g/mol. The summed E-state index contributed by atoms with van der Waals surface area (Å²) in [5.41, 5.74) is 9.90. The summed E-state index contributed by atoms with van der Waals surface area (Å²) in [5.74, 6) is 0.506. The van der Waals surface area contributed by atoms with Gasteiger partial charge < -0.3 is 15.4 Å². The minimum absolute atomic E-state index is 0.0353. The molecule has 1 amide bonds. The third kappa shape index (κ3) is 4.05. The molecule has 2 aromatic rings. The molecule has 0 radical (unpaired) electrons. The number of carbonyl (C=O) groups excluding carboxylic acids is 1. The second-order valence-electron chi connectivity index (χ2n) is 4.97. The van der Waals surface area contributed by atoms with Crippen molar-refractivity contribution in [3.8, 4) is 0 Å². The number of nitrogens with zero attached hydrogens (tertiary/aromatic N) is 3. The van der Waals surface area contributed by atoms with Gasteiger partial charge in [-0.05, 0) is 17.7 Å². The summed E-state index contributed by atoms with van der Waals surface area (Å²) in [6.45, 7) is 2.48. The number of carbonyl (C=O) groups is 1. The lowest BCUT2D eigenvalue weighted by Crippen LogP contribution is -2.40. The van der Waals surface area contributed by atoms with Gasteiger partial charge in [0.15, 0.2) is 0 Å². The summed E-state index contributed by atoms with van der Waals surface area (Å²) in [6.07, 6.45) is 1.67. The Balaban J connectivity index is 1.59. The fraction of sp³-hybridized carbons (Fsp3) is 0.267. The van der Waals surface area contributed by atoms with Gasteiger partial charge in [-0.15, -0.1) is 11.3 Å². The minimum atomic E-state index is 0.0353. The first-order valence-corrected chi connectivity index (χ1v) is 8.07. The highest BCUT2D eigenvalue weighted by atomic mass is 32.1. The predicted octanol–water partition coefficient (Wildman–Crippen LogP) is 1.64. The number of amides is 1. The largest absolute Gasteiger partial charge is 0.383 e. The zero-order valence-electron chi connectivity index (χ0n) is 12.4. The van der Waals surface area contributed by atoms with Crippen LogP contribution in [-0.4, -0.2) is 48.3 Å². The maximum absolute atomic E-state index is 12.3. The summed E-state index contributed by atoms with van der Waals surface area (Å²) >= 11 is 1.39. The Labute approximate surface area is 137 Å². The molecular weight excluding hydrogens is 314 g/mol. The second kappa shape index (κ2) is 7.21. The smallest absolute Gasteiger partial charge is 0.254 e. The molecule has 1 saturated heterocycles. The van der Waals surface area contributed by atoms with Crippen molar-refractivity contribution in [1.29, 1.82) is 0 Å². The molecule has 1 aromatic heterocycles. The first kappa shape index (κ1) is 15.4. The lowest BCUT2D eigenvalue weighted by Gasteiger charge is -2.26. The number of morpholine rings is 1. The van der Waals surface area contributed by atoms with Crippen molar-refractivity contribution in [3.05, 3.63) is 40.8 Å². The number of nitrogens with one attached hydrogen (secondary N) is 1. The molecule has 23 heavy (non-hydrogen) atoms. The normalized spacial score (nSPS) is 15.0. The van der Waals surface area contributed by atoms with E-state index >= 15 is 0 Å². The first-order chi connectivity index (χ1) is 11.2. The molecule has 0 atom stereocenters. The highest BCUT2D eigenvalue weighted by Gasteiger charge is 2.17. The number of hydrogen-bond donors (Lipinski definition) is 2. The number of nitrogens with two attached hydrogens (primary N) is 1. The van der Waals surface area contributed by atoms with Gasteiger partial charge in [-0.1, -0.05) is 12.1 Å². The lowest BCUT2D eigenvalue weighted by molar-refractivity contribution is 0.0303. The molecule has 1 fully saturated rings. The summed E-state index contributed by atoms with van der Waals surface area (Å²) in [4.78, 5) is 18.2. The molecule has 3 rings (SSSR count). The number of thiazole rings is 1. The predicted molar refractivity (Wildman–Crippen MR) is 90.9 cm³/mol. The van der Waals surface area contributed by atoms with Crippen molar-refractivity contribution in [2.45, 2.75) is 0 Å². The number of aromatic nitrogens is 1. The zero-order valence-corrected chi connectivity index (χ0v) is 13.3. The van der Waals surface area contributed by atoms with Crippen molar-refractivity contribution in [2.24, 2.45) is 5.10 Å². The van der Waals surface area contributed by atoms with Crippen LogP contribution in [0.1, 0.15) is 15.9 Å². The molecule has 120 valence electrons. The summed E-state index contributed by atoms with van der Waals surface area (Å²) in [6, 6.07) is 7.32. The van der Waals surface area contributed by atoms with E-state index in [1.165, 1.54) is 11.3 Å². The number of ether oxygens (including phenoxy) is 1. The number of benzene rings is 1. The van der Waals surface area contributed by atoms with E-state index in [1.54, 1.807) is 28.6 Å². The molecular formula is C15H17N5O2S. The van der Waals surface area contributed by atoms with Crippen molar-refractivity contribution >= 4 is 34.4 Å². The van der Waals surface area contributed by atoms with Crippen LogP contribution in [0, 0.1) is 0 Å². The Hall–Kier alpha value is -2.45. The summed E-state index contributed by atoms with van der Waals surface area (Å²) in [7, 11) is 0. The van der Waals surface area contributed by atoms with Gasteiger partial charge in [-0.3, -0.25) is 10.2 Å². The Bertz CT molecular complexity index is 692. The molecule has 3 N–H and O–H groups in total. The maximum Gasteiger partial charge on any atom is 0.254 e. The fourth-order valence-electron chi connectivity index (χ4n) is 2.16. The van der Waals surface area contributed by atoms with Crippen LogP contribution in [0.3, 0.4) is 0 Å². The molecule has 0 spiro atoms. The van der Waals surface area contributed by atoms with Crippen LogP contribution in [0.15, 0.2) is 34.7 Å². The van der Waals surface area contributed by atoms with E-state index < -0.39 is 0 Å². The van der Waals surface area contributed by atoms with Gasteiger partial charge in [0, 0.05) is 24.0 Å². The average Bonchev–Trinajstić information content (AvgIpc) is 3.01. The quantitative estimate of drug-likeness (QED) is 0.656. The van der Waals surface area contributed by atoms with Gasteiger partial charge in [-0.2, -0.15) is 5.10 Å². The van der Waals surface area contributed by atoms with Gasteiger partial charge in [0.05, 0.1) is 19.4 Å². The van der Waals surface area contributed by atoms with E-state index in [4.69, 9.17) is 10.5 Å². The van der Waals surface area contributed by atoms with Crippen LogP contribution < -0.4 is 11.2 Å². The molecule has 1 aliphatic heterocycles. The molecule has 8 heteroatoms. The van der Waals surface area contributed by atoms with E-state index in [0.29, 0.717) is 42.8 Å². The Morgan fingerprint density at radius 2 is 2.09 bits per heavy atom. The van der Waals surface area contributed by atoms with Gasteiger partial charge in [0.25, 0.3) is 5.91 Å². The van der Waals surface area contributed by atoms with Crippen molar-refractivity contribution in [3.63, 3.8) is 0 Å². The third-order valence-corrected chi connectivity index (χ3v) is 4.12. The van der Waals surface area contributed by atoms with Gasteiger partial charge >= 0.3 is 0 Å². The van der Waals surface area contributed by atoms with Gasteiger partial charge in [0.2, 0.25) is 5.13 Å². The van der Waals surface area contributed by atoms with Gasteiger partial charge in [-0.25, -0.2) is 4.98 Å². The Kier molecular flexibility index (Phi) is 4.84. The first-order valence-electron chi connectivity index (χ1n) is 7.19. The van der Waals surface area contributed by atoms with Crippen LogP contribution in [0.4, 0.5) is 10.9 Å². The maximum atomic E-state index is 12.3. The van der Waals surface area contributed by atoms with E-state index in [0.717, 1.165) is 5.56 Å². The molecule has 0 aliphatic carbocycles. The Morgan fingerprint density at radius 3 is 2.74 bits per heavy atom. The van der Waals surface area contributed by atoms with E-state index in [2.05, 4.69) is 15.5 Å². The number of nitrogen functional groups attached to an aromatic ring is 1. The molecule has 1 aromatic carbocycles. The lowest BCUT2D eigenvalue weighted by atomic mass is 10.1. The third-order valence-electron chi connectivity index (χ3n) is 3.35. The topological polar surface area (TPSA) is 92.8 Å². The fourth-order valence-corrected chi connectivity index (χ4v) is 2.71. The van der Waals surface area contributed by atoms with Crippen LogP contribution in [0.5, 0.6) is 0 Å². The standard InChI is InChI=1S/C15H17N5O2S/c16-13-10-23-15(18-13)19-17-9-11-1-3-12(4-2-11)14(21)20-5-7-22-8-6-20/h1-4,9-10H,5-8,16H2,(H,18,19). The molecule has 7 nitrogen and oxygen atoms in total. The van der Waals surface area contributed by atoms with Gasteiger partial charge in [0.1, 0.15) is 5.82 Å². The molecule has 0 unspecified atom stereocenters. The van der Waals surface area contributed by atoms with E-state index in [-0.39, 0.29) is 5.91 Å². The minimum Gasteiger partial charge on any atom is -0.383 e. The average molecular weight is 331 g/mol. The van der Waals surface area contributed by atoms with Crippen LogP contribution in [-0.2, 0) is 4.74 Å². The van der Waals surface area contributed by atoms with Crippen LogP contribution in [0.25, 0.3) is 0 Å². The van der Waals surface area contributed by atoms with Crippen LogP contribution >= 0.6 is 11.3 Å². The van der Waals surface area contributed by atoms with Crippen molar-refractivity contribution < 1.29 is 9.53 Å². The number of hydrogen-bond acceptors (Lipinski definition) is 7. The molecule has 0 bridgehead atoms. The number of anilines is 2.